The molecule has 0 unspecified atom stereocenters. The van der Waals surface area contributed by atoms with E-state index < -0.39 is 33.9 Å². The van der Waals surface area contributed by atoms with E-state index in [1.165, 1.54) is 28.8 Å². The fourth-order valence-corrected chi connectivity index (χ4v) is 5.05. The summed E-state index contributed by atoms with van der Waals surface area (Å²) in [4.78, 5) is 43.9. The fourth-order valence-electron chi connectivity index (χ4n) is 4.02. The van der Waals surface area contributed by atoms with Gasteiger partial charge in [0.1, 0.15) is 0 Å². The molecule has 2 heterocycles. The molecule has 0 saturated heterocycles. The highest BCUT2D eigenvalue weighted by molar-refractivity contribution is 7.07. The molecular weight excluding hydrogens is 484 g/mol. The first-order chi connectivity index (χ1) is 17.1. The maximum Gasteiger partial charge on any atom is 0.338 e. The van der Waals surface area contributed by atoms with E-state index in [0.29, 0.717) is 16.1 Å². The van der Waals surface area contributed by atoms with Gasteiger partial charge in [0.2, 0.25) is 5.75 Å². The molecule has 1 aliphatic heterocycles. The number of para-hydroxylation sites is 1. The van der Waals surface area contributed by atoms with Crippen molar-refractivity contribution in [3.8, 4) is 5.75 Å². The third-order valence-electron chi connectivity index (χ3n) is 5.77. The number of fused-ring (bicyclic) bond motifs is 1. The van der Waals surface area contributed by atoms with Crippen LogP contribution in [0.5, 0.6) is 5.75 Å². The minimum atomic E-state index is -0.780. The Kier molecular flexibility index (Phi) is 6.75. The van der Waals surface area contributed by atoms with E-state index in [-0.39, 0.29) is 22.3 Å². The number of phenolic OH excluding ortho intramolecular Hbond substituents is 1. The fraction of sp³-hybridized carbons (Fsp3) is 0.240. The summed E-state index contributed by atoms with van der Waals surface area (Å²) in [6.07, 6.45) is 1.39. The monoisotopic (exact) mass is 508 g/mol. The van der Waals surface area contributed by atoms with Crippen LogP contribution in [0.4, 0.5) is 11.4 Å². The molecule has 0 bridgehead atoms. The molecule has 2 aromatic carbocycles. The molecule has 0 fully saturated rings. The Bertz CT molecular complexity index is 1570. The molecule has 1 N–H and O–H groups in total. The molecule has 186 valence electrons. The molecule has 1 aliphatic rings. The van der Waals surface area contributed by atoms with Crippen molar-refractivity contribution >= 4 is 34.8 Å². The Morgan fingerprint density at radius 3 is 2.58 bits per heavy atom. The molecule has 0 saturated carbocycles. The van der Waals surface area contributed by atoms with Crippen LogP contribution in [0.2, 0.25) is 0 Å². The minimum absolute atomic E-state index is 0.127. The second kappa shape index (κ2) is 9.78. The normalized spacial score (nSPS) is 15.3. The highest BCUT2D eigenvalue weighted by Gasteiger charge is 2.33. The Morgan fingerprint density at radius 1 is 1.28 bits per heavy atom. The summed E-state index contributed by atoms with van der Waals surface area (Å²) in [6, 6.07) is 10.8. The summed E-state index contributed by atoms with van der Waals surface area (Å²) in [5, 5.41) is 21.6. The van der Waals surface area contributed by atoms with Gasteiger partial charge >= 0.3 is 11.7 Å². The smallest absolute Gasteiger partial charge is 0.338 e. The largest absolute Gasteiger partial charge is 0.502 e. The number of ether oxygens (including phenoxy) is 1. The van der Waals surface area contributed by atoms with Crippen LogP contribution >= 0.6 is 11.3 Å². The number of esters is 1. The van der Waals surface area contributed by atoms with Gasteiger partial charge in [0.15, 0.2) is 4.80 Å². The first kappa shape index (κ1) is 24.9. The van der Waals surface area contributed by atoms with Crippen molar-refractivity contribution in [2.75, 3.05) is 25.6 Å². The van der Waals surface area contributed by atoms with Crippen LogP contribution in [0.15, 0.2) is 63.5 Å². The van der Waals surface area contributed by atoms with Crippen molar-refractivity contribution in [1.29, 1.82) is 0 Å². The van der Waals surface area contributed by atoms with E-state index in [9.17, 15) is 24.8 Å². The lowest BCUT2D eigenvalue weighted by Gasteiger charge is -2.25. The second-order valence-corrected chi connectivity index (χ2v) is 9.27. The number of anilines is 1. The lowest BCUT2D eigenvalue weighted by atomic mass is 9.95. The molecule has 0 radical (unpaired) electrons. The van der Waals surface area contributed by atoms with Crippen molar-refractivity contribution in [2.45, 2.75) is 19.9 Å². The lowest BCUT2D eigenvalue weighted by molar-refractivity contribution is -0.385. The van der Waals surface area contributed by atoms with Gasteiger partial charge < -0.3 is 14.7 Å². The predicted octanol–water partition coefficient (Wildman–Crippen LogP) is 2.48. The van der Waals surface area contributed by atoms with Gasteiger partial charge in [-0.05, 0) is 37.6 Å². The first-order valence-corrected chi connectivity index (χ1v) is 11.9. The van der Waals surface area contributed by atoms with Gasteiger partial charge in [-0.25, -0.2) is 9.79 Å². The molecule has 1 aromatic heterocycles. The Hall–Kier alpha value is -4.25. The van der Waals surface area contributed by atoms with E-state index in [4.69, 9.17) is 4.74 Å². The minimum Gasteiger partial charge on any atom is -0.502 e. The maximum absolute atomic E-state index is 13.6. The van der Waals surface area contributed by atoms with Crippen molar-refractivity contribution in [1.82, 2.24) is 4.57 Å². The zero-order valence-electron chi connectivity index (χ0n) is 20.1. The molecule has 0 amide bonds. The van der Waals surface area contributed by atoms with Crippen molar-refractivity contribution < 1.29 is 19.6 Å². The van der Waals surface area contributed by atoms with E-state index in [0.717, 1.165) is 17.0 Å². The van der Waals surface area contributed by atoms with Crippen LogP contribution < -0.4 is 19.8 Å². The molecule has 10 nitrogen and oxygen atoms in total. The summed E-state index contributed by atoms with van der Waals surface area (Å²) in [5.74, 6) is -1.10. The summed E-state index contributed by atoms with van der Waals surface area (Å²) >= 11 is 1.07. The van der Waals surface area contributed by atoms with Gasteiger partial charge in [-0.15, -0.1) is 0 Å². The number of rotatable bonds is 6. The number of hydrogen-bond donors (Lipinski definition) is 1. The molecular formula is C25H24N4O6S. The summed E-state index contributed by atoms with van der Waals surface area (Å²) < 4.78 is 6.92. The van der Waals surface area contributed by atoms with Crippen molar-refractivity contribution in [3.05, 3.63) is 94.7 Å². The van der Waals surface area contributed by atoms with Crippen LogP contribution in [0.25, 0.3) is 6.08 Å². The molecule has 0 spiro atoms. The highest BCUT2D eigenvalue weighted by Crippen LogP contribution is 2.32. The van der Waals surface area contributed by atoms with Gasteiger partial charge in [0.05, 0.1) is 33.4 Å². The number of carbonyl (C=O) groups is 1. The zero-order valence-corrected chi connectivity index (χ0v) is 20.9. The number of thiazole rings is 1. The zero-order chi connectivity index (χ0) is 26.1. The first-order valence-electron chi connectivity index (χ1n) is 11.1. The number of nitro benzene ring substituents is 1. The van der Waals surface area contributed by atoms with E-state index in [1.807, 2.05) is 43.3 Å². The number of hydrogen-bond acceptors (Lipinski definition) is 9. The summed E-state index contributed by atoms with van der Waals surface area (Å²) in [5.41, 5.74) is 1.56. The Balaban J connectivity index is 1.95. The Labute approximate surface area is 209 Å². The number of nitro groups is 1. The van der Waals surface area contributed by atoms with Gasteiger partial charge in [-0.3, -0.25) is 19.5 Å². The van der Waals surface area contributed by atoms with E-state index in [2.05, 4.69) is 4.99 Å². The lowest BCUT2D eigenvalue weighted by Crippen LogP contribution is -2.39. The second-order valence-electron chi connectivity index (χ2n) is 8.26. The number of benzene rings is 2. The SMILES string of the molecule is CCOC(=O)C1=C(C)N=c2s/c(=C/c3cccc([N+](=O)[O-])c3O)c(=O)n2[C@@H]1c1ccc(N(C)C)cc1. The van der Waals surface area contributed by atoms with E-state index in [1.54, 1.807) is 13.8 Å². The quantitative estimate of drug-likeness (QED) is 0.308. The molecule has 4 rings (SSSR count). The van der Waals surface area contributed by atoms with Gasteiger partial charge in [0.25, 0.3) is 5.56 Å². The average molecular weight is 509 g/mol. The van der Waals surface area contributed by atoms with Gasteiger partial charge in [-0.1, -0.05) is 35.6 Å². The van der Waals surface area contributed by atoms with Crippen LogP contribution in [0.1, 0.15) is 31.0 Å². The third-order valence-corrected chi connectivity index (χ3v) is 6.75. The molecule has 36 heavy (non-hydrogen) atoms. The maximum atomic E-state index is 13.6. The van der Waals surface area contributed by atoms with Crippen LogP contribution in [-0.2, 0) is 9.53 Å². The van der Waals surface area contributed by atoms with Crippen LogP contribution in [0, 0.1) is 10.1 Å². The summed E-state index contributed by atoms with van der Waals surface area (Å²) in [7, 11) is 3.82. The number of nitrogens with zero attached hydrogens (tertiary/aromatic N) is 4. The highest BCUT2D eigenvalue weighted by atomic mass is 32.1. The number of aromatic nitrogens is 1. The Morgan fingerprint density at radius 2 is 1.97 bits per heavy atom. The number of aromatic hydroxyl groups is 1. The molecule has 1 atom stereocenters. The predicted molar refractivity (Wildman–Crippen MR) is 136 cm³/mol. The standard InChI is InChI=1S/C25H24N4O6S/c1-5-35-24(32)20-14(2)26-25-28(21(20)15-9-11-17(12-10-15)27(3)4)23(31)19(36-25)13-16-7-6-8-18(22(16)30)29(33)34/h6-13,21,30H,5H2,1-4H3/b19-13+/t21-/m1/s1. The van der Waals surface area contributed by atoms with Crippen LogP contribution in [0.3, 0.4) is 0 Å². The number of carbonyl (C=O) groups excluding carboxylic acids is 1. The summed E-state index contributed by atoms with van der Waals surface area (Å²) in [6.45, 7) is 3.56. The number of allylic oxidation sites excluding steroid dienone is 1. The van der Waals surface area contributed by atoms with E-state index >= 15 is 0 Å². The molecule has 0 aliphatic carbocycles. The third kappa shape index (κ3) is 4.40. The van der Waals surface area contributed by atoms with Gasteiger partial charge in [0, 0.05) is 31.4 Å². The molecule has 3 aromatic rings. The topological polar surface area (TPSA) is 127 Å². The van der Waals surface area contributed by atoms with Crippen LogP contribution in [-0.4, -0.2) is 41.3 Å². The van der Waals surface area contributed by atoms with Crippen molar-refractivity contribution in [3.63, 3.8) is 0 Å². The van der Waals surface area contributed by atoms with Crippen molar-refractivity contribution in [2.24, 2.45) is 4.99 Å². The average Bonchev–Trinajstić information content (AvgIpc) is 3.13. The molecule has 11 heteroatoms. The van der Waals surface area contributed by atoms with Gasteiger partial charge in [-0.2, -0.15) is 0 Å². The number of phenols is 1.